The van der Waals surface area contributed by atoms with Gasteiger partial charge < -0.3 is 15.8 Å². The standard InChI is InChI=1S/C16H23N3O4.ClH/c17-10-15(12-5-2-1-3-6-12)18-16(20)11-23-14-8-4-7-13(9-14)19(21)22;/h4,7-9,12,15H,1-3,5-6,10-11,17H2,(H,18,20);1H. The average molecular weight is 358 g/mol. The Morgan fingerprint density at radius 1 is 1.38 bits per heavy atom. The minimum absolute atomic E-state index is 0. The highest BCUT2D eigenvalue weighted by atomic mass is 35.5. The molecule has 0 radical (unpaired) electrons. The fraction of sp³-hybridized carbons (Fsp3) is 0.562. The molecule has 0 saturated heterocycles. The molecule has 2 rings (SSSR count). The lowest BCUT2D eigenvalue weighted by Gasteiger charge is -2.30. The van der Waals surface area contributed by atoms with Crippen LogP contribution in [0.2, 0.25) is 0 Å². The molecule has 0 heterocycles. The number of benzene rings is 1. The Balaban J connectivity index is 0.00000288. The molecule has 1 aliphatic rings. The zero-order valence-electron chi connectivity index (χ0n) is 13.5. The van der Waals surface area contributed by atoms with Gasteiger partial charge in [0.15, 0.2) is 6.61 Å². The van der Waals surface area contributed by atoms with Crippen LogP contribution in [0, 0.1) is 16.0 Å². The molecule has 7 nitrogen and oxygen atoms in total. The number of halogens is 1. The summed E-state index contributed by atoms with van der Waals surface area (Å²) in [5.41, 5.74) is 5.72. The molecular formula is C16H24ClN3O4. The molecule has 0 aromatic heterocycles. The Hall–Kier alpha value is -1.86. The molecule has 1 aromatic carbocycles. The van der Waals surface area contributed by atoms with Crippen molar-refractivity contribution in [2.24, 2.45) is 11.7 Å². The summed E-state index contributed by atoms with van der Waals surface area (Å²) in [6.45, 7) is 0.234. The third-order valence-electron chi connectivity index (χ3n) is 4.22. The summed E-state index contributed by atoms with van der Waals surface area (Å²) in [6, 6.07) is 5.75. The third kappa shape index (κ3) is 5.98. The molecule has 1 aliphatic carbocycles. The predicted molar refractivity (Wildman–Crippen MR) is 93.4 cm³/mol. The summed E-state index contributed by atoms with van der Waals surface area (Å²) < 4.78 is 5.33. The van der Waals surface area contributed by atoms with Crippen LogP contribution in [0.3, 0.4) is 0 Å². The molecule has 1 unspecified atom stereocenters. The number of amides is 1. The quantitative estimate of drug-likeness (QED) is 0.575. The van der Waals surface area contributed by atoms with Gasteiger partial charge in [0, 0.05) is 18.7 Å². The molecule has 1 saturated carbocycles. The first kappa shape index (κ1) is 20.2. The molecule has 1 atom stereocenters. The van der Waals surface area contributed by atoms with E-state index in [1.54, 1.807) is 6.07 Å². The molecule has 134 valence electrons. The van der Waals surface area contributed by atoms with Crippen molar-refractivity contribution in [3.63, 3.8) is 0 Å². The highest BCUT2D eigenvalue weighted by molar-refractivity contribution is 5.85. The lowest BCUT2D eigenvalue weighted by atomic mass is 9.84. The van der Waals surface area contributed by atoms with E-state index < -0.39 is 4.92 Å². The number of nitrogens with one attached hydrogen (secondary N) is 1. The first-order valence-electron chi connectivity index (χ1n) is 7.97. The van der Waals surface area contributed by atoms with E-state index in [0.717, 1.165) is 12.8 Å². The van der Waals surface area contributed by atoms with Crippen LogP contribution in [-0.4, -0.2) is 30.0 Å². The second kappa shape index (κ2) is 10.1. The van der Waals surface area contributed by atoms with Crippen LogP contribution in [0.5, 0.6) is 5.75 Å². The number of nitrogens with zero attached hydrogens (tertiary/aromatic N) is 1. The summed E-state index contributed by atoms with van der Waals surface area (Å²) in [6.07, 6.45) is 5.79. The molecule has 0 bridgehead atoms. The minimum atomic E-state index is -0.500. The van der Waals surface area contributed by atoms with Crippen molar-refractivity contribution < 1.29 is 14.5 Å². The number of nitro groups is 1. The van der Waals surface area contributed by atoms with Crippen LogP contribution < -0.4 is 15.8 Å². The molecule has 0 spiro atoms. The van der Waals surface area contributed by atoms with Gasteiger partial charge in [0.1, 0.15) is 5.75 Å². The van der Waals surface area contributed by atoms with Crippen LogP contribution in [-0.2, 0) is 4.79 Å². The van der Waals surface area contributed by atoms with Gasteiger partial charge in [0.25, 0.3) is 11.6 Å². The van der Waals surface area contributed by atoms with Crippen LogP contribution >= 0.6 is 12.4 Å². The van der Waals surface area contributed by atoms with E-state index in [1.807, 2.05) is 0 Å². The van der Waals surface area contributed by atoms with E-state index in [9.17, 15) is 14.9 Å². The van der Waals surface area contributed by atoms with Gasteiger partial charge in [-0.15, -0.1) is 12.4 Å². The van der Waals surface area contributed by atoms with Gasteiger partial charge in [-0.25, -0.2) is 0 Å². The first-order chi connectivity index (χ1) is 11.1. The Labute approximate surface area is 147 Å². The van der Waals surface area contributed by atoms with E-state index in [0.29, 0.717) is 18.2 Å². The molecule has 1 amide bonds. The highest BCUT2D eigenvalue weighted by Gasteiger charge is 2.24. The number of nitro benzene ring substituents is 1. The summed E-state index contributed by atoms with van der Waals surface area (Å²) >= 11 is 0. The fourth-order valence-electron chi connectivity index (χ4n) is 2.99. The Morgan fingerprint density at radius 3 is 2.71 bits per heavy atom. The van der Waals surface area contributed by atoms with Crippen molar-refractivity contribution in [2.75, 3.05) is 13.2 Å². The largest absolute Gasteiger partial charge is 0.484 e. The Kier molecular flexibility index (Phi) is 8.49. The second-order valence-electron chi connectivity index (χ2n) is 5.85. The monoisotopic (exact) mass is 357 g/mol. The lowest BCUT2D eigenvalue weighted by molar-refractivity contribution is -0.384. The second-order valence-corrected chi connectivity index (χ2v) is 5.85. The Morgan fingerprint density at radius 2 is 2.08 bits per heavy atom. The SMILES string of the molecule is Cl.NCC(NC(=O)COc1cccc([N+](=O)[O-])c1)C1CCCCC1. The smallest absolute Gasteiger partial charge is 0.273 e. The van der Waals surface area contributed by atoms with Crippen LogP contribution in [0.1, 0.15) is 32.1 Å². The molecule has 1 fully saturated rings. The van der Waals surface area contributed by atoms with Crippen molar-refractivity contribution in [1.82, 2.24) is 5.32 Å². The van der Waals surface area contributed by atoms with Gasteiger partial charge in [-0.1, -0.05) is 25.3 Å². The van der Waals surface area contributed by atoms with Gasteiger partial charge in [-0.05, 0) is 24.8 Å². The van der Waals surface area contributed by atoms with E-state index in [4.69, 9.17) is 10.5 Å². The highest BCUT2D eigenvalue weighted by Crippen LogP contribution is 2.26. The number of ether oxygens (including phenoxy) is 1. The van der Waals surface area contributed by atoms with Crippen molar-refractivity contribution in [1.29, 1.82) is 0 Å². The van der Waals surface area contributed by atoms with Gasteiger partial charge in [-0.3, -0.25) is 14.9 Å². The van der Waals surface area contributed by atoms with Gasteiger partial charge in [0.05, 0.1) is 11.0 Å². The van der Waals surface area contributed by atoms with Crippen LogP contribution in [0.15, 0.2) is 24.3 Å². The number of carbonyl (C=O) groups is 1. The summed E-state index contributed by atoms with van der Waals surface area (Å²) in [5.74, 6) is 0.476. The van der Waals surface area contributed by atoms with Crippen molar-refractivity contribution in [3.05, 3.63) is 34.4 Å². The molecule has 3 N–H and O–H groups in total. The van der Waals surface area contributed by atoms with E-state index in [1.165, 1.54) is 37.5 Å². The third-order valence-corrected chi connectivity index (χ3v) is 4.22. The maximum absolute atomic E-state index is 12.0. The molecular weight excluding hydrogens is 334 g/mol. The van der Waals surface area contributed by atoms with E-state index in [2.05, 4.69) is 5.32 Å². The van der Waals surface area contributed by atoms with Gasteiger partial charge >= 0.3 is 0 Å². The molecule has 8 heteroatoms. The first-order valence-corrected chi connectivity index (χ1v) is 7.97. The number of hydrogen-bond donors (Lipinski definition) is 2. The summed E-state index contributed by atoms with van der Waals surface area (Å²) in [4.78, 5) is 22.2. The topological polar surface area (TPSA) is 107 Å². The minimum Gasteiger partial charge on any atom is -0.484 e. The number of carbonyl (C=O) groups excluding carboxylic acids is 1. The normalized spacial score (nSPS) is 15.9. The molecule has 24 heavy (non-hydrogen) atoms. The molecule has 0 aliphatic heterocycles. The zero-order valence-corrected chi connectivity index (χ0v) is 14.3. The maximum Gasteiger partial charge on any atom is 0.273 e. The summed E-state index contributed by atoms with van der Waals surface area (Å²) in [5, 5.41) is 13.6. The fourth-order valence-corrected chi connectivity index (χ4v) is 2.99. The predicted octanol–water partition coefficient (Wildman–Crippen LogP) is 2.42. The number of nitrogens with two attached hydrogens (primary N) is 1. The number of non-ortho nitro benzene ring substituents is 1. The van der Waals surface area contributed by atoms with E-state index in [-0.39, 0.29) is 36.7 Å². The number of hydrogen-bond acceptors (Lipinski definition) is 5. The molecule has 1 aromatic rings. The average Bonchev–Trinajstić information content (AvgIpc) is 2.59. The maximum atomic E-state index is 12.0. The summed E-state index contributed by atoms with van der Waals surface area (Å²) in [7, 11) is 0. The van der Waals surface area contributed by atoms with Crippen molar-refractivity contribution in [2.45, 2.75) is 38.1 Å². The zero-order chi connectivity index (χ0) is 16.7. The van der Waals surface area contributed by atoms with Crippen molar-refractivity contribution >= 4 is 24.0 Å². The number of rotatable bonds is 7. The van der Waals surface area contributed by atoms with Gasteiger partial charge in [-0.2, -0.15) is 0 Å². The van der Waals surface area contributed by atoms with E-state index >= 15 is 0 Å². The van der Waals surface area contributed by atoms with Crippen molar-refractivity contribution in [3.8, 4) is 5.75 Å². The van der Waals surface area contributed by atoms with Crippen LogP contribution in [0.25, 0.3) is 0 Å². The van der Waals surface area contributed by atoms with Gasteiger partial charge in [0.2, 0.25) is 0 Å². The lowest BCUT2D eigenvalue weighted by Crippen LogP contribution is -2.47. The van der Waals surface area contributed by atoms with Crippen LogP contribution in [0.4, 0.5) is 5.69 Å². The Bertz CT molecular complexity index is 550.